The zero-order chi connectivity index (χ0) is 21.8. The summed E-state index contributed by atoms with van der Waals surface area (Å²) in [6.45, 7) is 0.508. The van der Waals surface area contributed by atoms with E-state index in [0.29, 0.717) is 13.0 Å². The molecule has 2 aromatic carbocycles. The maximum Gasteiger partial charge on any atom is 0.315 e. The summed E-state index contributed by atoms with van der Waals surface area (Å²) in [5, 5.41) is 6.96. The average molecular weight is 423 g/mol. The van der Waals surface area contributed by atoms with Crippen molar-refractivity contribution in [1.82, 2.24) is 20.5 Å². The fourth-order valence-corrected chi connectivity index (χ4v) is 4.89. The molecule has 0 radical (unpaired) electrons. The highest BCUT2D eigenvalue weighted by Crippen LogP contribution is 2.40. The van der Waals surface area contributed by atoms with E-state index in [1.165, 1.54) is 17.7 Å². The lowest BCUT2D eigenvalue weighted by Crippen LogP contribution is -2.50. The van der Waals surface area contributed by atoms with E-state index in [1.54, 1.807) is 6.07 Å². The van der Waals surface area contributed by atoms with Gasteiger partial charge in [-0.25, -0.2) is 9.18 Å². The van der Waals surface area contributed by atoms with Crippen molar-refractivity contribution in [3.05, 3.63) is 71.7 Å². The van der Waals surface area contributed by atoms with Crippen molar-refractivity contribution in [3.8, 4) is 0 Å². The van der Waals surface area contributed by atoms with Gasteiger partial charge in [0.25, 0.3) is 0 Å². The highest BCUT2D eigenvalue weighted by Gasteiger charge is 2.38. The number of aromatic amines is 1. The number of aromatic nitrogens is 1. The van der Waals surface area contributed by atoms with Gasteiger partial charge in [0, 0.05) is 35.2 Å². The quantitative estimate of drug-likeness (QED) is 0.546. The Bertz CT molecular complexity index is 1020. The van der Waals surface area contributed by atoms with Gasteiger partial charge in [-0.05, 0) is 75.5 Å². The van der Waals surface area contributed by atoms with Gasteiger partial charge < -0.3 is 15.6 Å². The number of nitrogens with one attached hydrogen (secondary N) is 3. The van der Waals surface area contributed by atoms with Gasteiger partial charge in [-0.2, -0.15) is 0 Å². The fraction of sp³-hybridized carbons (Fsp3) is 0.400. The summed E-state index contributed by atoms with van der Waals surface area (Å²) < 4.78 is 13.5. The van der Waals surface area contributed by atoms with Crippen molar-refractivity contribution < 1.29 is 9.18 Å². The Balaban J connectivity index is 1.27. The lowest BCUT2D eigenvalue weighted by molar-refractivity contribution is 0.0870. The summed E-state index contributed by atoms with van der Waals surface area (Å²) >= 11 is 0. The van der Waals surface area contributed by atoms with E-state index in [4.69, 9.17) is 0 Å². The zero-order valence-corrected chi connectivity index (χ0v) is 18.2. The van der Waals surface area contributed by atoms with Crippen molar-refractivity contribution in [2.45, 2.75) is 43.7 Å². The van der Waals surface area contributed by atoms with Crippen LogP contribution < -0.4 is 10.6 Å². The smallest absolute Gasteiger partial charge is 0.315 e. The predicted molar refractivity (Wildman–Crippen MR) is 123 cm³/mol. The molecular weight excluding hydrogens is 391 g/mol. The summed E-state index contributed by atoms with van der Waals surface area (Å²) in [6, 6.07) is 15.4. The van der Waals surface area contributed by atoms with Crippen LogP contribution in [0, 0.1) is 5.82 Å². The molecule has 3 aromatic rings. The van der Waals surface area contributed by atoms with Gasteiger partial charge in [-0.15, -0.1) is 0 Å². The highest BCUT2D eigenvalue weighted by molar-refractivity contribution is 5.83. The van der Waals surface area contributed by atoms with Crippen LogP contribution in [0.15, 0.2) is 54.7 Å². The van der Waals surface area contributed by atoms with Crippen LogP contribution in [-0.2, 0) is 12.0 Å². The molecule has 1 aromatic heterocycles. The van der Waals surface area contributed by atoms with Crippen LogP contribution in [-0.4, -0.2) is 42.6 Å². The third-order valence-electron chi connectivity index (χ3n) is 6.72. The Hall–Kier alpha value is -2.86. The molecule has 1 saturated carbocycles. The second kappa shape index (κ2) is 9.10. The molecule has 1 heterocycles. The lowest BCUT2D eigenvalue weighted by atomic mass is 9.74. The minimum absolute atomic E-state index is 0.0283. The molecule has 0 aliphatic heterocycles. The number of fused-ring (bicyclic) bond motifs is 1. The predicted octanol–water partition coefficient (Wildman–Crippen LogP) is 4.55. The Morgan fingerprint density at radius 1 is 1.16 bits per heavy atom. The van der Waals surface area contributed by atoms with Gasteiger partial charge in [-0.3, -0.25) is 4.90 Å². The van der Waals surface area contributed by atoms with E-state index in [-0.39, 0.29) is 23.4 Å². The van der Waals surface area contributed by atoms with Gasteiger partial charge in [0.2, 0.25) is 0 Å². The van der Waals surface area contributed by atoms with Crippen molar-refractivity contribution in [2.24, 2.45) is 0 Å². The molecular formula is C25H31FN4O. The molecule has 5 nitrogen and oxygen atoms in total. The number of hydrogen-bond acceptors (Lipinski definition) is 2. The van der Waals surface area contributed by atoms with E-state index < -0.39 is 0 Å². The van der Waals surface area contributed by atoms with Crippen LogP contribution >= 0.6 is 0 Å². The number of carbonyl (C=O) groups excluding carboxylic acids is 1. The van der Waals surface area contributed by atoms with E-state index in [2.05, 4.69) is 64.9 Å². The first-order valence-electron chi connectivity index (χ1n) is 11.0. The Morgan fingerprint density at radius 3 is 2.61 bits per heavy atom. The summed E-state index contributed by atoms with van der Waals surface area (Å²) in [6.07, 6.45) is 6.45. The number of hydrogen-bond donors (Lipinski definition) is 3. The molecule has 164 valence electrons. The molecule has 1 aliphatic carbocycles. The van der Waals surface area contributed by atoms with Crippen LogP contribution in [0.1, 0.15) is 36.8 Å². The SMILES string of the molecule is CN(C)C1(c2ccccc2)CCC(NC(=O)NCCc2c[nH]c3ccc(F)cc23)CC1. The zero-order valence-electron chi connectivity index (χ0n) is 18.2. The Morgan fingerprint density at radius 2 is 1.90 bits per heavy atom. The van der Waals surface area contributed by atoms with E-state index in [0.717, 1.165) is 42.1 Å². The van der Waals surface area contributed by atoms with Crippen LogP contribution in [0.3, 0.4) is 0 Å². The minimum Gasteiger partial charge on any atom is -0.361 e. The largest absolute Gasteiger partial charge is 0.361 e. The van der Waals surface area contributed by atoms with Crippen LogP contribution in [0.4, 0.5) is 9.18 Å². The second-order valence-corrected chi connectivity index (χ2v) is 8.72. The van der Waals surface area contributed by atoms with E-state index >= 15 is 0 Å². The number of benzene rings is 2. The number of halogens is 1. The summed E-state index contributed by atoms with van der Waals surface area (Å²) in [4.78, 5) is 17.9. The monoisotopic (exact) mass is 422 g/mol. The minimum atomic E-state index is -0.249. The summed E-state index contributed by atoms with van der Waals surface area (Å²) in [5.41, 5.74) is 3.29. The topological polar surface area (TPSA) is 60.2 Å². The number of rotatable bonds is 6. The van der Waals surface area contributed by atoms with Crippen molar-refractivity contribution in [1.29, 1.82) is 0 Å². The van der Waals surface area contributed by atoms with Gasteiger partial charge in [0.05, 0.1) is 0 Å². The molecule has 0 bridgehead atoms. The second-order valence-electron chi connectivity index (χ2n) is 8.72. The molecule has 6 heteroatoms. The van der Waals surface area contributed by atoms with Crippen LogP contribution in [0.25, 0.3) is 10.9 Å². The fourth-order valence-electron chi connectivity index (χ4n) is 4.89. The maximum absolute atomic E-state index is 13.5. The number of urea groups is 1. The normalized spacial score (nSPS) is 21.4. The molecule has 0 spiro atoms. The first-order chi connectivity index (χ1) is 15.0. The number of amides is 2. The average Bonchev–Trinajstić information content (AvgIpc) is 3.17. The first-order valence-corrected chi connectivity index (χ1v) is 11.0. The lowest BCUT2D eigenvalue weighted by Gasteiger charge is -2.45. The number of H-pyrrole nitrogens is 1. The molecule has 1 aliphatic rings. The Kier molecular flexibility index (Phi) is 6.28. The molecule has 0 unspecified atom stereocenters. The molecule has 2 amide bonds. The molecule has 31 heavy (non-hydrogen) atoms. The van der Waals surface area contributed by atoms with E-state index in [1.807, 2.05) is 6.20 Å². The van der Waals surface area contributed by atoms with Crippen LogP contribution in [0.2, 0.25) is 0 Å². The third-order valence-corrected chi connectivity index (χ3v) is 6.72. The molecule has 0 saturated heterocycles. The molecule has 1 fully saturated rings. The summed E-state index contributed by atoms with van der Waals surface area (Å²) in [5.74, 6) is -0.249. The number of nitrogens with zero attached hydrogens (tertiary/aromatic N) is 1. The summed E-state index contributed by atoms with van der Waals surface area (Å²) in [7, 11) is 4.29. The Labute approximate surface area is 183 Å². The molecule has 3 N–H and O–H groups in total. The highest BCUT2D eigenvalue weighted by atomic mass is 19.1. The molecule has 4 rings (SSSR count). The van der Waals surface area contributed by atoms with Gasteiger partial charge in [0.15, 0.2) is 0 Å². The van der Waals surface area contributed by atoms with Crippen LogP contribution in [0.5, 0.6) is 0 Å². The number of carbonyl (C=O) groups is 1. The van der Waals surface area contributed by atoms with Crippen molar-refractivity contribution in [2.75, 3.05) is 20.6 Å². The van der Waals surface area contributed by atoms with Gasteiger partial charge >= 0.3 is 6.03 Å². The standard InChI is InChI=1S/C25H31FN4O/c1-30(2)25(19-6-4-3-5-7-19)13-10-21(11-14-25)29-24(31)27-15-12-18-17-28-23-9-8-20(26)16-22(18)23/h3-9,16-17,21,28H,10-15H2,1-2H3,(H2,27,29,31). The first kappa shape index (κ1) is 21.4. The third kappa shape index (κ3) is 4.59. The van der Waals surface area contributed by atoms with Gasteiger partial charge in [0.1, 0.15) is 5.82 Å². The maximum atomic E-state index is 13.5. The van der Waals surface area contributed by atoms with Crippen molar-refractivity contribution >= 4 is 16.9 Å². The molecule has 0 atom stereocenters. The van der Waals surface area contributed by atoms with Gasteiger partial charge in [-0.1, -0.05) is 30.3 Å². The van der Waals surface area contributed by atoms with E-state index in [9.17, 15) is 9.18 Å². The van der Waals surface area contributed by atoms with Crippen molar-refractivity contribution in [3.63, 3.8) is 0 Å².